The summed E-state index contributed by atoms with van der Waals surface area (Å²) in [4.78, 5) is 11.9. The van der Waals surface area contributed by atoms with Crippen LogP contribution in [0.5, 0.6) is 0 Å². The van der Waals surface area contributed by atoms with Crippen molar-refractivity contribution in [1.82, 2.24) is 20.4 Å². The maximum Gasteiger partial charge on any atom is 0.315 e. The summed E-state index contributed by atoms with van der Waals surface area (Å²) in [5.41, 5.74) is 2.18. The van der Waals surface area contributed by atoms with Crippen molar-refractivity contribution >= 4 is 6.03 Å². The minimum absolute atomic E-state index is 0.0498. The molecular formula is C16H28N4O2. The van der Waals surface area contributed by atoms with E-state index in [1.54, 1.807) is 0 Å². The number of carbonyl (C=O) groups excluding carboxylic acids is 1. The van der Waals surface area contributed by atoms with E-state index in [0.717, 1.165) is 37.4 Å². The number of urea groups is 1. The number of aromatic nitrogens is 2. The largest absolute Gasteiger partial charge is 0.376 e. The molecule has 2 rings (SSSR count). The van der Waals surface area contributed by atoms with Crippen LogP contribution >= 0.6 is 0 Å². The molecule has 1 aromatic rings. The van der Waals surface area contributed by atoms with Crippen LogP contribution in [0.1, 0.15) is 38.1 Å². The average Bonchev–Trinajstić information content (AvgIpc) is 3.07. The van der Waals surface area contributed by atoms with E-state index in [9.17, 15) is 4.79 Å². The molecule has 1 aliphatic heterocycles. The Hall–Kier alpha value is -1.56. The molecule has 0 bridgehead atoms. The third-order valence-electron chi connectivity index (χ3n) is 4.08. The average molecular weight is 308 g/mol. The van der Waals surface area contributed by atoms with Gasteiger partial charge in [-0.2, -0.15) is 5.10 Å². The quantitative estimate of drug-likeness (QED) is 0.844. The molecule has 2 N–H and O–H groups in total. The Labute approximate surface area is 132 Å². The third-order valence-corrected chi connectivity index (χ3v) is 4.08. The topological polar surface area (TPSA) is 68.2 Å². The fourth-order valence-electron chi connectivity index (χ4n) is 2.83. The number of aryl methyl sites for hydroxylation is 2. The highest BCUT2D eigenvalue weighted by atomic mass is 16.5. The Kier molecular flexibility index (Phi) is 5.83. The van der Waals surface area contributed by atoms with Gasteiger partial charge in [-0.3, -0.25) is 4.68 Å². The van der Waals surface area contributed by atoms with E-state index in [1.165, 1.54) is 0 Å². The zero-order valence-electron chi connectivity index (χ0n) is 14.1. The van der Waals surface area contributed by atoms with Crippen molar-refractivity contribution in [2.75, 3.05) is 13.2 Å². The van der Waals surface area contributed by atoms with Crippen molar-refractivity contribution in [1.29, 1.82) is 0 Å². The molecule has 0 unspecified atom stereocenters. The van der Waals surface area contributed by atoms with E-state index in [-0.39, 0.29) is 18.2 Å². The molecule has 1 fully saturated rings. The van der Waals surface area contributed by atoms with Crippen LogP contribution in [0.25, 0.3) is 0 Å². The number of hydrogen-bond acceptors (Lipinski definition) is 3. The maximum absolute atomic E-state index is 11.9. The maximum atomic E-state index is 11.9. The number of hydrogen-bond donors (Lipinski definition) is 2. The molecule has 1 saturated heterocycles. The molecule has 22 heavy (non-hydrogen) atoms. The van der Waals surface area contributed by atoms with Crippen LogP contribution in [-0.2, 0) is 11.3 Å². The second-order valence-electron chi connectivity index (χ2n) is 6.41. The van der Waals surface area contributed by atoms with Gasteiger partial charge in [0, 0.05) is 25.4 Å². The fourth-order valence-corrected chi connectivity index (χ4v) is 2.83. The molecule has 0 aromatic carbocycles. The molecule has 6 nitrogen and oxygen atoms in total. The first-order valence-corrected chi connectivity index (χ1v) is 8.12. The van der Waals surface area contributed by atoms with Crippen LogP contribution in [-0.4, -0.2) is 41.1 Å². The molecule has 3 atom stereocenters. The van der Waals surface area contributed by atoms with Gasteiger partial charge in [0.2, 0.25) is 0 Å². The van der Waals surface area contributed by atoms with E-state index in [1.807, 2.05) is 18.5 Å². The summed E-state index contributed by atoms with van der Waals surface area (Å²) in [6, 6.07) is 1.99. The lowest BCUT2D eigenvalue weighted by Gasteiger charge is -2.21. The smallest absolute Gasteiger partial charge is 0.315 e. The number of nitrogens with one attached hydrogen (secondary N) is 2. The summed E-state index contributed by atoms with van der Waals surface area (Å²) in [5.74, 6) is 0.321. The van der Waals surface area contributed by atoms with Crippen LogP contribution in [0, 0.1) is 19.8 Å². The van der Waals surface area contributed by atoms with Crippen molar-refractivity contribution in [3.8, 4) is 0 Å². The Balaban J connectivity index is 1.70. The first-order chi connectivity index (χ1) is 10.5. The summed E-state index contributed by atoms with van der Waals surface area (Å²) in [6.45, 7) is 10.4. The third kappa shape index (κ3) is 4.73. The van der Waals surface area contributed by atoms with Crippen molar-refractivity contribution in [2.24, 2.45) is 5.92 Å². The van der Waals surface area contributed by atoms with Gasteiger partial charge in [-0.1, -0.05) is 6.92 Å². The monoisotopic (exact) mass is 308 g/mol. The van der Waals surface area contributed by atoms with Gasteiger partial charge in [0.05, 0.1) is 17.8 Å². The molecule has 2 heterocycles. The molecule has 1 aromatic heterocycles. The molecular weight excluding hydrogens is 280 g/mol. The number of rotatable bonds is 6. The van der Waals surface area contributed by atoms with Crippen LogP contribution in [0.4, 0.5) is 4.79 Å². The van der Waals surface area contributed by atoms with Gasteiger partial charge in [0.15, 0.2) is 0 Å². The van der Waals surface area contributed by atoms with Crippen LogP contribution in [0.15, 0.2) is 6.07 Å². The second-order valence-corrected chi connectivity index (χ2v) is 6.41. The lowest BCUT2D eigenvalue weighted by atomic mass is 10.1. The first kappa shape index (κ1) is 16.8. The number of amides is 2. The Bertz CT molecular complexity index is 494. The predicted octanol–water partition coefficient (Wildman–Crippen LogP) is 2.00. The summed E-state index contributed by atoms with van der Waals surface area (Å²) in [5, 5.41) is 10.3. The van der Waals surface area contributed by atoms with E-state index in [0.29, 0.717) is 12.5 Å². The Morgan fingerprint density at radius 3 is 2.86 bits per heavy atom. The fraction of sp³-hybridized carbons (Fsp3) is 0.750. The molecule has 2 amide bonds. The molecule has 0 saturated carbocycles. The molecule has 6 heteroatoms. The number of ether oxygens (including phenoxy) is 1. The molecule has 0 spiro atoms. The van der Waals surface area contributed by atoms with Gasteiger partial charge in [-0.25, -0.2) is 4.79 Å². The molecule has 1 aliphatic rings. The Morgan fingerprint density at radius 2 is 2.27 bits per heavy atom. The van der Waals surface area contributed by atoms with E-state index in [2.05, 4.69) is 35.6 Å². The van der Waals surface area contributed by atoms with Gasteiger partial charge in [-0.05, 0) is 45.6 Å². The van der Waals surface area contributed by atoms with Crippen molar-refractivity contribution in [2.45, 2.75) is 59.2 Å². The summed E-state index contributed by atoms with van der Waals surface area (Å²) >= 11 is 0. The molecule has 0 radical (unpaired) electrons. The van der Waals surface area contributed by atoms with Gasteiger partial charge in [-0.15, -0.1) is 0 Å². The highest BCUT2D eigenvalue weighted by molar-refractivity contribution is 5.74. The zero-order chi connectivity index (χ0) is 16.1. The minimum Gasteiger partial charge on any atom is -0.376 e. The van der Waals surface area contributed by atoms with Crippen molar-refractivity contribution in [3.63, 3.8) is 0 Å². The predicted molar refractivity (Wildman–Crippen MR) is 85.8 cm³/mol. The lowest BCUT2D eigenvalue weighted by Crippen LogP contribution is -2.47. The van der Waals surface area contributed by atoms with Crippen LogP contribution < -0.4 is 10.6 Å². The van der Waals surface area contributed by atoms with Gasteiger partial charge >= 0.3 is 6.03 Å². The van der Waals surface area contributed by atoms with Crippen LogP contribution in [0.3, 0.4) is 0 Å². The lowest BCUT2D eigenvalue weighted by molar-refractivity contribution is 0.0859. The SMILES string of the molecule is Cc1cc(C)n(C[C@H](C)CNC(=O)N[C@H](C)[C@H]2CCCO2)n1. The molecule has 124 valence electrons. The minimum atomic E-state index is -0.122. The highest BCUT2D eigenvalue weighted by Gasteiger charge is 2.23. The summed E-state index contributed by atoms with van der Waals surface area (Å²) in [7, 11) is 0. The first-order valence-electron chi connectivity index (χ1n) is 8.12. The van der Waals surface area contributed by atoms with Gasteiger partial charge in [0.1, 0.15) is 0 Å². The van der Waals surface area contributed by atoms with Crippen molar-refractivity contribution < 1.29 is 9.53 Å². The standard InChI is InChI=1S/C16H28N4O2/c1-11(10-20-13(3)8-12(2)19-20)9-17-16(21)18-14(4)15-6-5-7-22-15/h8,11,14-15H,5-7,9-10H2,1-4H3,(H2,17,18,21)/t11-,14-,15-/m1/s1. The van der Waals surface area contributed by atoms with Gasteiger partial charge < -0.3 is 15.4 Å². The zero-order valence-corrected chi connectivity index (χ0v) is 14.1. The second kappa shape index (κ2) is 7.63. The van der Waals surface area contributed by atoms with Crippen molar-refractivity contribution in [3.05, 3.63) is 17.5 Å². The van der Waals surface area contributed by atoms with E-state index < -0.39 is 0 Å². The van der Waals surface area contributed by atoms with Crippen LogP contribution in [0.2, 0.25) is 0 Å². The van der Waals surface area contributed by atoms with Gasteiger partial charge in [0.25, 0.3) is 0 Å². The summed E-state index contributed by atoms with van der Waals surface area (Å²) < 4.78 is 7.58. The van der Waals surface area contributed by atoms with E-state index >= 15 is 0 Å². The molecule has 0 aliphatic carbocycles. The number of carbonyl (C=O) groups is 1. The normalized spacial score (nSPS) is 20.6. The number of nitrogens with zero attached hydrogens (tertiary/aromatic N) is 2. The highest BCUT2D eigenvalue weighted by Crippen LogP contribution is 2.15. The van der Waals surface area contributed by atoms with E-state index in [4.69, 9.17) is 4.74 Å². The summed E-state index contributed by atoms with van der Waals surface area (Å²) in [6.07, 6.45) is 2.26. The Morgan fingerprint density at radius 1 is 1.50 bits per heavy atom.